The van der Waals surface area contributed by atoms with Crippen molar-refractivity contribution in [2.45, 2.75) is 46.2 Å². The molecule has 2 rings (SSSR count). The predicted octanol–water partition coefficient (Wildman–Crippen LogP) is 2.93. The number of rotatable bonds is 5. The highest BCUT2D eigenvalue weighted by Gasteiger charge is 2.19. The van der Waals surface area contributed by atoms with Crippen LogP contribution in [0.15, 0.2) is 10.5 Å². The van der Waals surface area contributed by atoms with Gasteiger partial charge in [0.15, 0.2) is 0 Å². The Morgan fingerprint density at radius 2 is 2.33 bits per heavy atom. The van der Waals surface area contributed by atoms with Gasteiger partial charge in [0.25, 0.3) is 0 Å². The molecule has 1 atom stereocenters. The van der Waals surface area contributed by atoms with Gasteiger partial charge in [-0.1, -0.05) is 13.3 Å². The van der Waals surface area contributed by atoms with E-state index < -0.39 is 0 Å². The quantitative estimate of drug-likeness (QED) is 0.871. The van der Waals surface area contributed by atoms with Gasteiger partial charge < -0.3 is 9.73 Å². The third-order valence-corrected chi connectivity index (χ3v) is 4.00. The van der Waals surface area contributed by atoms with Crippen molar-refractivity contribution in [3.8, 4) is 0 Å². The summed E-state index contributed by atoms with van der Waals surface area (Å²) in [5.41, 5.74) is 1.29. The maximum atomic E-state index is 5.86. The zero-order valence-corrected chi connectivity index (χ0v) is 12.0. The van der Waals surface area contributed by atoms with Crippen LogP contribution in [0.2, 0.25) is 0 Å². The summed E-state index contributed by atoms with van der Waals surface area (Å²) in [7, 11) is 1.97. The second-order valence-corrected chi connectivity index (χ2v) is 5.48. The zero-order chi connectivity index (χ0) is 13.0. The SMILES string of the molecule is CCC1CCCN(Cc2cc(CNC)c(C)o2)C1. The average molecular weight is 250 g/mol. The summed E-state index contributed by atoms with van der Waals surface area (Å²) < 4.78 is 5.86. The van der Waals surface area contributed by atoms with Crippen LogP contribution in [-0.2, 0) is 13.1 Å². The topological polar surface area (TPSA) is 28.4 Å². The smallest absolute Gasteiger partial charge is 0.118 e. The van der Waals surface area contributed by atoms with Gasteiger partial charge in [-0.2, -0.15) is 0 Å². The second-order valence-electron chi connectivity index (χ2n) is 5.48. The molecule has 1 N–H and O–H groups in total. The Kier molecular flexibility index (Phi) is 4.84. The first-order chi connectivity index (χ1) is 8.72. The lowest BCUT2D eigenvalue weighted by molar-refractivity contribution is 0.154. The van der Waals surface area contributed by atoms with Crippen molar-refractivity contribution in [2.24, 2.45) is 5.92 Å². The number of likely N-dealkylation sites (tertiary alicyclic amines) is 1. The Labute approximate surface area is 111 Å². The van der Waals surface area contributed by atoms with E-state index in [1.165, 1.54) is 37.9 Å². The van der Waals surface area contributed by atoms with Crippen LogP contribution in [0.1, 0.15) is 43.3 Å². The fraction of sp³-hybridized carbons (Fsp3) is 0.733. The van der Waals surface area contributed by atoms with Crippen LogP contribution >= 0.6 is 0 Å². The van der Waals surface area contributed by atoms with Crippen molar-refractivity contribution < 1.29 is 4.42 Å². The number of aryl methyl sites for hydroxylation is 1. The summed E-state index contributed by atoms with van der Waals surface area (Å²) in [6, 6.07) is 2.21. The molecule has 0 radical (unpaired) electrons. The van der Waals surface area contributed by atoms with Gasteiger partial charge in [0, 0.05) is 18.7 Å². The number of hydrogen-bond acceptors (Lipinski definition) is 3. The minimum atomic E-state index is 0.881. The lowest BCUT2D eigenvalue weighted by atomic mass is 9.96. The number of furan rings is 1. The molecule has 3 nitrogen and oxygen atoms in total. The first-order valence-electron chi connectivity index (χ1n) is 7.18. The molecule has 0 spiro atoms. The van der Waals surface area contributed by atoms with Gasteiger partial charge in [-0.3, -0.25) is 4.90 Å². The van der Waals surface area contributed by atoms with Gasteiger partial charge in [-0.15, -0.1) is 0 Å². The summed E-state index contributed by atoms with van der Waals surface area (Å²) in [6.45, 7) is 8.68. The van der Waals surface area contributed by atoms with Gasteiger partial charge in [0.2, 0.25) is 0 Å². The van der Waals surface area contributed by atoms with Crippen LogP contribution in [0.3, 0.4) is 0 Å². The van der Waals surface area contributed by atoms with Gasteiger partial charge in [0.05, 0.1) is 6.54 Å². The summed E-state index contributed by atoms with van der Waals surface area (Å²) >= 11 is 0. The fourth-order valence-electron chi connectivity index (χ4n) is 2.88. The average Bonchev–Trinajstić information content (AvgIpc) is 2.70. The van der Waals surface area contributed by atoms with E-state index in [0.717, 1.165) is 30.5 Å². The molecule has 102 valence electrons. The fourth-order valence-corrected chi connectivity index (χ4v) is 2.88. The minimum Gasteiger partial charge on any atom is -0.465 e. The van der Waals surface area contributed by atoms with Gasteiger partial charge in [-0.25, -0.2) is 0 Å². The van der Waals surface area contributed by atoms with Crippen LogP contribution in [0.5, 0.6) is 0 Å². The van der Waals surface area contributed by atoms with Crippen LogP contribution in [-0.4, -0.2) is 25.0 Å². The molecule has 1 aliphatic heterocycles. The summed E-state index contributed by atoms with van der Waals surface area (Å²) in [6.07, 6.45) is 4.04. The van der Waals surface area contributed by atoms with Crippen LogP contribution in [0.4, 0.5) is 0 Å². The molecule has 3 heteroatoms. The predicted molar refractivity (Wildman–Crippen MR) is 74.5 cm³/mol. The van der Waals surface area contributed by atoms with E-state index in [9.17, 15) is 0 Å². The van der Waals surface area contributed by atoms with E-state index in [1.807, 2.05) is 7.05 Å². The van der Waals surface area contributed by atoms with Crippen LogP contribution in [0.25, 0.3) is 0 Å². The molecule has 0 amide bonds. The van der Waals surface area contributed by atoms with E-state index in [4.69, 9.17) is 4.42 Å². The second kappa shape index (κ2) is 6.39. The maximum Gasteiger partial charge on any atom is 0.118 e. The monoisotopic (exact) mass is 250 g/mol. The van der Waals surface area contributed by atoms with E-state index in [0.29, 0.717) is 0 Å². The summed E-state index contributed by atoms with van der Waals surface area (Å²) in [4.78, 5) is 2.54. The highest BCUT2D eigenvalue weighted by molar-refractivity contribution is 5.20. The Morgan fingerprint density at radius 3 is 3.06 bits per heavy atom. The number of piperidine rings is 1. The van der Waals surface area contributed by atoms with Crippen molar-refractivity contribution in [3.63, 3.8) is 0 Å². The Balaban J connectivity index is 1.94. The highest BCUT2D eigenvalue weighted by Crippen LogP contribution is 2.22. The Morgan fingerprint density at radius 1 is 1.50 bits per heavy atom. The van der Waals surface area contributed by atoms with E-state index in [1.54, 1.807) is 0 Å². The van der Waals surface area contributed by atoms with E-state index >= 15 is 0 Å². The highest BCUT2D eigenvalue weighted by atomic mass is 16.3. The largest absolute Gasteiger partial charge is 0.465 e. The van der Waals surface area contributed by atoms with Crippen molar-refractivity contribution in [1.29, 1.82) is 0 Å². The first-order valence-corrected chi connectivity index (χ1v) is 7.18. The van der Waals surface area contributed by atoms with Gasteiger partial charge >= 0.3 is 0 Å². The lowest BCUT2D eigenvalue weighted by Gasteiger charge is -2.31. The molecular formula is C15H26N2O. The molecule has 1 saturated heterocycles. The lowest BCUT2D eigenvalue weighted by Crippen LogP contribution is -2.34. The standard InChI is InChI=1S/C15H26N2O/c1-4-13-6-5-7-17(10-13)11-15-8-14(9-16-3)12(2)18-15/h8,13,16H,4-7,9-11H2,1-3H3. The third kappa shape index (κ3) is 3.36. The molecule has 18 heavy (non-hydrogen) atoms. The minimum absolute atomic E-state index is 0.881. The van der Waals surface area contributed by atoms with Crippen molar-refractivity contribution in [3.05, 3.63) is 23.2 Å². The molecule has 0 aromatic carbocycles. The molecule has 1 aromatic heterocycles. The molecule has 0 aliphatic carbocycles. The van der Waals surface area contributed by atoms with E-state index in [2.05, 4.69) is 30.1 Å². The van der Waals surface area contributed by atoms with Crippen LogP contribution in [0, 0.1) is 12.8 Å². The Bertz CT molecular complexity index is 373. The molecule has 1 unspecified atom stereocenters. The molecular weight excluding hydrogens is 224 g/mol. The molecule has 0 bridgehead atoms. The Hall–Kier alpha value is -0.800. The van der Waals surface area contributed by atoms with E-state index in [-0.39, 0.29) is 0 Å². The third-order valence-electron chi connectivity index (χ3n) is 4.00. The van der Waals surface area contributed by atoms with Crippen molar-refractivity contribution in [2.75, 3.05) is 20.1 Å². The zero-order valence-electron chi connectivity index (χ0n) is 12.0. The molecule has 1 aliphatic rings. The first kappa shape index (κ1) is 13.6. The normalized spacial score (nSPS) is 21.4. The van der Waals surface area contributed by atoms with Crippen molar-refractivity contribution >= 4 is 0 Å². The van der Waals surface area contributed by atoms with Crippen LogP contribution < -0.4 is 5.32 Å². The van der Waals surface area contributed by atoms with Gasteiger partial charge in [-0.05, 0) is 45.3 Å². The number of nitrogens with one attached hydrogen (secondary N) is 1. The van der Waals surface area contributed by atoms with Crippen molar-refractivity contribution in [1.82, 2.24) is 10.2 Å². The maximum absolute atomic E-state index is 5.86. The number of nitrogens with zero attached hydrogens (tertiary/aromatic N) is 1. The number of hydrogen-bond donors (Lipinski definition) is 1. The van der Waals surface area contributed by atoms with Gasteiger partial charge in [0.1, 0.15) is 11.5 Å². The molecule has 0 saturated carbocycles. The molecule has 2 heterocycles. The summed E-state index contributed by atoms with van der Waals surface area (Å²) in [5.74, 6) is 3.06. The molecule has 1 aromatic rings. The molecule has 1 fully saturated rings. The summed E-state index contributed by atoms with van der Waals surface area (Å²) in [5, 5.41) is 3.18.